The Hall–Kier alpha value is -3.36. The second kappa shape index (κ2) is 11.8. The van der Waals surface area contributed by atoms with Crippen LogP contribution in [-0.4, -0.2) is 25.2 Å². The highest BCUT2D eigenvalue weighted by atomic mass is 35.5. The Morgan fingerprint density at radius 3 is 2.24 bits per heavy atom. The lowest BCUT2D eigenvalue weighted by Gasteiger charge is -2.22. The summed E-state index contributed by atoms with van der Waals surface area (Å²) in [7, 11) is -4.02. The number of aryl methyl sites for hydroxylation is 1. The second-order valence-corrected chi connectivity index (χ2v) is 11.0. The number of hydrogen-bond acceptors (Lipinski definition) is 4. The monoisotopic (exact) mass is 554 g/mol. The summed E-state index contributed by atoms with van der Waals surface area (Å²) >= 11 is 12.2. The topological polar surface area (TPSA) is 75.7 Å². The molecule has 0 saturated heterocycles. The van der Waals surface area contributed by atoms with Gasteiger partial charge in [0.15, 0.2) is 5.75 Å². The highest BCUT2D eigenvalue weighted by Crippen LogP contribution is 2.30. The van der Waals surface area contributed by atoms with Gasteiger partial charge in [-0.05, 0) is 61.0 Å². The van der Waals surface area contributed by atoms with E-state index in [0.29, 0.717) is 32.8 Å². The lowest BCUT2D eigenvalue weighted by Crippen LogP contribution is -2.37. The molecule has 4 aromatic carbocycles. The third-order valence-corrected chi connectivity index (χ3v) is 8.00. The van der Waals surface area contributed by atoms with Gasteiger partial charge < -0.3 is 10.1 Å². The van der Waals surface area contributed by atoms with E-state index in [0.717, 1.165) is 9.87 Å². The Morgan fingerprint density at radius 1 is 0.865 bits per heavy atom. The Morgan fingerprint density at radius 2 is 1.54 bits per heavy atom. The molecule has 0 aliphatic rings. The molecule has 0 aliphatic carbocycles. The minimum Gasteiger partial charge on any atom is -0.455 e. The van der Waals surface area contributed by atoms with Crippen molar-refractivity contribution in [2.24, 2.45) is 0 Å². The van der Waals surface area contributed by atoms with Gasteiger partial charge in [0.2, 0.25) is 15.9 Å². The molecule has 0 radical (unpaired) electrons. The van der Waals surface area contributed by atoms with E-state index in [9.17, 15) is 13.2 Å². The van der Waals surface area contributed by atoms with Gasteiger partial charge >= 0.3 is 0 Å². The first-order chi connectivity index (χ1) is 17.7. The molecule has 1 N–H and O–H groups in total. The predicted octanol–water partition coefficient (Wildman–Crippen LogP) is 6.92. The van der Waals surface area contributed by atoms with Crippen LogP contribution in [0.1, 0.15) is 11.1 Å². The summed E-state index contributed by atoms with van der Waals surface area (Å²) < 4.78 is 34.1. The average Bonchev–Trinajstić information content (AvgIpc) is 2.88. The minimum atomic E-state index is -4.02. The molecule has 1 amide bonds. The Balaban J connectivity index is 1.59. The summed E-state index contributed by atoms with van der Waals surface area (Å²) in [6.07, 6.45) is 0. The maximum Gasteiger partial charge on any atom is 0.243 e. The van der Waals surface area contributed by atoms with Gasteiger partial charge in [-0.15, -0.1) is 0 Å². The fraction of sp³-hybridized carbons (Fsp3) is 0.107. The van der Waals surface area contributed by atoms with Crippen molar-refractivity contribution in [3.05, 3.63) is 118 Å². The first kappa shape index (κ1) is 26.7. The highest BCUT2D eigenvalue weighted by Gasteiger charge is 2.27. The Labute approximate surface area is 226 Å². The SMILES string of the molecule is Cc1ccc(S(=O)(=O)N(CC(=O)Nc2ccccc2Oc2ccccc2)Cc2ccc(Cl)c(Cl)c2)cc1. The van der Waals surface area contributed by atoms with Crippen LogP contribution < -0.4 is 10.1 Å². The zero-order valence-electron chi connectivity index (χ0n) is 19.9. The number of nitrogens with one attached hydrogen (secondary N) is 1. The number of ether oxygens (including phenoxy) is 1. The molecule has 4 aromatic rings. The summed E-state index contributed by atoms with van der Waals surface area (Å²) in [5.74, 6) is 0.506. The van der Waals surface area contributed by atoms with Gasteiger partial charge in [0, 0.05) is 6.54 Å². The summed E-state index contributed by atoms with van der Waals surface area (Å²) in [6.45, 7) is 1.35. The summed E-state index contributed by atoms with van der Waals surface area (Å²) in [5.41, 5.74) is 1.92. The first-order valence-electron chi connectivity index (χ1n) is 11.3. The largest absolute Gasteiger partial charge is 0.455 e. The number of sulfonamides is 1. The van der Waals surface area contributed by atoms with Gasteiger partial charge in [-0.2, -0.15) is 4.31 Å². The highest BCUT2D eigenvalue weighted by molar-refractivity contribution is 7.89. The predicted molar refractivity (Wildman–Crippen MR) is 147 cm³/mol. The van der Waals surface area contributed by atoms with E-state index in [1.165, 1.54) is 12.1 Å². The van der Waals surface area contributed by atoms with Crippen LogP contribution in [0.5, 0.6) is 11.5 Å². The van der Waals surface area contributed by atoms with Crippen molar-refractivity contribution >= 4 is 44.8 Å². The van der Waals surface area contributed by atoms with E-state index >= 15 is 0 Å². The lowest BCUT2D eigenvalue weighted by atomic mass is 10.2. The normalized spacial score (nSPS) is 11.4. The third kappa shape index (κ3) is 6.90. The molecule has 0 fully saturated rings. The number of carbonyl (C=O) groups is 1. The number of nitrogens with zero attached hydrogens (tertiary/aromatic N) is 1. The number of hydrogen-bond donors (Lipinski definition) is 1. The van der Waals surface area contributed by atoms with E-state index in [1.54, 1.807) is 66.7 Å². The van der Waals surface area contributed by atoms with E-state index in [2.05, 4.69) is 5.32 Å². The van der Waals surface area contributed by atoms with Crippen LogP contribution in [0.3, 0.4) is 0 Å². The van der Waals surface area contributed by atoms with Crippen molar-refractivity contribution in [3.63, 3.8) is 0 Å². The molecule has 0 saturated carbocycles. The van der Waals surface area contributed by atoms with Gasteiger partial charge in [0.1, 0.15) is 5.75 Å². The number of rotatable bonds is 9. The van der Waals surface area contributed by atoms with Gasteiger partial charge in [0.25, 0.3) is 0 Å². The molecule has 0 aliphatic heterocycles. The van der Waals surface area contributed by atoms with Gasteiger partial charge in [-0.1, -0.05) is 77.3 Å². The summed E-state index contributed by atoms with van der Waals surface area (Å²) in [4.78, 5) is 13.2. The van der Waals surface area contributed by atoms with Crippen LogP contribution >= 0.6 is 23.2 Å². The van der Waals surface area contributed by atoms with E-state index < -0.39 is 22.5 Å². The molecular weight excluding hydrogens is 531 g/mol. The number of para-hydroxylation sites is 3. The molecule has 0 spiro atoms. The Kier molecular flexibility index (Phi) is 8.51. The molecule has 0 aromatic heterocycles. The third-order valence-electron chi connectivity index (χ3n) is 5.45. The number of carbonyl (C=O) groups excluding carboxylic acids is 1. The van der Waals surface area contributed by atoms with E-state index in [-0.39, 0.29) is 11.4 Å². The minimum absolute atomic E-state index is 0.0807. The number of halogens is 2. The van der Waals surface area contributed by atoms with Crippen molar-refractivity contribution < 1.29 is 17.9 Å². The fourth-order valence-electron chi connectivity index (χ4n) is 3.55. The van der Waals surface area contributed by atoms with Crippen LogP contribution in [-0.2, 0) is 21.4 Å². The van der Waals surface area contributed by atoms with Crippen molar-refractivity contribution in [3.8, 4) is 11.5 Å². The zero-order valence-corrected chi connectivity index (χ0v) is 22.2. The molecule has 9 heteroatoms. The van der Waals surface area contributed by atoms with Crippen LogP contribution in [0.2, 0.25) is 10.0 Å². The standard InChI is InChI=1S/C28H24Cl2N2O4S/c1-20-11-14-23(15-12-20)37(34,35)32(18-21-13-16-24(29)25(30)17-21)19-28(33)31-26-9-5-6-10-27(26)36-22-7-3-2-4-8-22/h2-17H,18-19H2,1H3,(H,31,33). The van der Waals surface area contributed by atoms with Gasteiger partial charge in [-0.25, -0.2) is 8.42 Å². The summed E-state index contributed by atoms with van der Waals surface area (Å²) in [5, 5.41) is 3.43. The van der Waals surface area contributed by atoms with E-state index in [4.69, 9.17) is 27.9 Å². The number of amides is 1. The molecular formula is C28H24Cl2N2O4S. The van der Waals surface area contributed by atoms with Crippen LogP contribution in [0.25, 0.3) is 0 Å². The molecule has 0 unspecified atom stereocenters. The van der Waals surface area contributed by atoms with Gasteiger partial charge in [-0.3, -0.25) is 4.79 Å². The van der Waals surface area contributed by atoms with Crippen LogP contribution in [0.4, 0.5) is 5.69 Å². The molecule has 4 rings (SSSR count). The Bertz CT molecular complexity index is 1490. The molecule has 0 atom stereocenters. The van der Waals surface area contributed by atoms with Crippen molar-refractivity contribution in [2.45, 2.75) is 18.4 Å². The maximum atomic E-state index is 13.6. The molecule has 0 bridgehead atoms. The molecule has 190 valence electrons. The smallest absolute Gasteiger partial charge is 0.243 e. The lowest BCUT2D eigenvalue weighted by molar-refractivity contribution is -0.116. The second-order valence-electron chi connectivity index (χ2n) is 8.29. The van der Waals surface area contributed by atoms with E-state index in [1.807, 2.05) is 25.1 Å². The quantitative estimate of drug-likeness (QED) is 0.243. The number of benzene rings is 4. The first-order valence-corrected chi connectivity index (χ1v) is 13.5. The van der Waals surface area contributed by atoms with Crippen molar-refractivity contribution in [1.29, 1.82) is 0 Å². The van der Waals surface area contributed by atoms with Gasteiger partial charge in [0.05, 0.1) is 27.2 Å². The van der Waals surface area contributed by atoms with Crippen molar-refractivity contribution in [2.75, 3.05) is 11.9 Å². The maximum absolute atomic E-state index is 13.6. The zero-order chi connectivity index (χ0) is 26.4. The van der Waals surface area contributed by atoms with Crippen LogP contribution in [0.15, 0.2) is 102 Å². The number of anilines is 1. The van der Waals surface area contributed by atoms with Crippen LogP contribution in [0, 0.1) is 6.92 Å². The average molecular weight is 555 g/mol. The molecule has 37 heavy (non-hydrogen) atoms. The fourth-order valence-corrected chi connectivity index (χ4v) is 5.26. The summed E-state index contributed by atoms with van der Waals surface area (Å²) in [6, 6.07) is 27.4. The molecule has 0 heterocycles. The molecule has 6 nitrogen and oxygen atoms in total. The van der Waals surface area contributed by atoms with Crippen molar-refractivity contribution in [1.82, 2.24) is 4.31 Å².